The van der Waals surface area contributed by atoms with Gasteiger partial charge < -0.3 is 14.2 Å². The number of hydrogen-bond donors (Lipinski definition) is 2. The molecule has 1 aromatic rings. The van der Waals surface area contributed by atoms with Crippen molar-refractivity contribution < 1.29 is 24.2 Å². The number of carbonyl (C=O) groups excluding carboxylic acids is 1. The number of rotatable bonds is 4. The van der Waals surface area contributed by atoms with Gasteiger partial charge in [-0.3, -0.25) is 10.0 Å². The lowest BCUT2D eigenvalue weighted by Gasteiger charge is -2.07. The number of hydrogen-bond acceptors (Lipinski definition) is 6. The molecule has 102 valence electrons. The molecule has 2 rings (SSSR count). The molecule has 1 aliphatic rings. The van der Waals surface area contributed by atoms with Crippen molar-refractivity contribution in [3.8, 4) is 11.5 Å². The van der Waals surface area contributed by atoms with Crippen LogP contribution in [0, 0.1) is 0 Å². The predicted molar refractivity (Wildman–Crippen MR) is 65.8 cm³/mol. The second kappa shape index (κ2) is 5.57. The Kier molecular flexibility index (Phi) is 3.86. The van der Waals surface area contributed by atoms with Crippen molar-refractivity contribution >= 4 is 11.8 Å². The van der Waals surface area contributed by atoms with E-state index in [1.54, 1.807) is 23.7 Å². The van der Waals surface area contributed by atoms with E-state index >= 15 is 0 Å². The highest BCUT2D eigenvalue weighted by molar-refractivity contribution is 5.98. The van der Waals surface area contributed by atoms with E-state index < -0.39 is 11.9 Å². The Morgan fingerprint density at radius 1 is 1.37 bits per heavy atom. The van der Waals surface area contributed by atoms with Crippen molar-refractivity contribution in [2.24, 2.45) is 4.99 Å². The van der Waals surface area contributed by atoms with Crippen molar-refractivity contribution in [1.29, 1.82) is 0 Å². The van der Waals surface area contributed by atoms with Gasteiger partial charge in [0.2, 0.25) is 5.90 Å². The molecule has 7 heteroatoms. The molecule has 7 nitrogen and oxygen atoms in total. The Morgan fingerprint density at radius 3 is 2.53 bits per heavy atom. The van der Waals surface area contributed by atoms with E-state index in [0.29, 0.717) is 23.0 Å². The van der Waals surface area contributed by atoms with Crippen LogP contribution in [-0.2, 0) is 9.53 Å². The van der Waals surface area contributed by atoms with E-state index in [2.05, 4.69) is 4.99 Å². The van der Waals surface area contributed by atoms with E-state index in [0.717, 1.165) is 0 Å². The van der Waals surface area contributed by atoms with Crippen LogP contribution in [0.15, 0.2) is 23.2 Å². The molecule has 1 atom stereocenters. The van der Waals surface area contributed by atoms with Crippen molar-refractivity contribution in [1.82, 2.24) is 5.48 Å². The summed E-state index contributed by atoms with van der Waals surface area (Å²) in [6, 6.07) is 4.41. The maximum absolute atomic E-state index is 11.2. The molecule has 19 heavy (non-hydrogen) atoms. The Balaban J connectivity index is 2.29. The third-order valence-corrected chi connectivity index (χ3v) is 2.66. The lowest BCUT2D eigenvalue weighted by atomic mass is 10.2. The summed E-state index contributed by atoms with van der Waals surface area (Å²) >= 11 is 0. The standard InChI is InChI=1S/C12H14N2O5/c1-17-8-3-7(4-9(5-8)18-2)12-13-10(6-19-12)11(15)14-16/h3-5,10,16H,6H2,1-2H3,(H,14,15)/t10-/m1/s1. The van der Waals surface area contributed by atoms with Gasteiger partial charge in [0.1, 0.15) is 18.1 Å². The molecule has 0 radical (unpaired) electrons. The van der Waals surface area contributed by atoms with Crippen molar-refractivity contribution in [3.63, 3.8) is 0 Å². The van der Waals surface area contributed by atoms with Gasteiger partial charge >= 0.3 is 0 Å². The lowest BCUT2D eigenvalue weighted by Crippen LogP contribution is -2.31. The SMILES string of the molecule is COc1cc(OC)cc(C2=N[C@@H](C(=O)NO)CO2)c1. The van der Waals surface area contributed by atoms with Crippen LogP contribution < -0.4 is 15.0 Å². The van der Waals surface area contributed by atoms with Crippen LogP contribution in [0.25, 0.3) is 0 Å². The second-order valence-corrected chi connectivity index (χ2v) is 3.84. The highest BCUT2D eigenvalue weighted by Gasteiger charge is 2.26. The normalized spacial score (nSPS) is 17.4. The van der Waals surface area contributed by atoms with Crippen molar-refractivity contribution in [3.05, 3.63) is 23.8 Å². The van der Waals surface area contributed by atoms with E-state index in [-0.39, 0.29) is 6.61 Å². The average molecular weight is 266 g/mol. The maximum Gasteiger partial charge on any atom is 0.271 e. The largest absolute Gasteiger partial charge is 0.497 e. The summed E-state index contributed by atoms with van der Waals surface area (Å²) in [6.45, 7) is 0.0846. The summed E-state index contributed by atoms with van der Waals surface area (Å²) in [4.78, 5) is 15.3. The summed E-state index contributed by atoms with van der Waals surface area (Å²) in [5.74, 6) is 0.891. The van der Waals surface area contributed by atoms with Gasteiger partial charge in [-0.15, -0.1) is 0 Å². The number of carbonyl (C=O) groups is 1. The summed E-state index contributed by atoms with van der Waals surface area (Å²) in [6.07, 6.45) is 0. The van der Waals surface area contributed by atoms with Crippen LogP contribution in [0.2, 0.25) is 0 Å². The monoisotopic (exact) mass is 266 g/mol. The Labute approximate surface area is 109 Å². The van der Waals surface area contributed by atoms with Gasteiger partial charge in [0.15, 0.2) is 6.04 Å². The summed E-state index contributed by atoms with van der Waals surface area (Å²) in [5.41, 5.74) is 2.19. The molecule has 1 heterocycles. The minimum Gasteiger partial charge on any atom is -0.497 e. The number of amides is 1. The molecule has 1 amide bonds. The third kappa shape index (κ3) is 2.76. The fourth-order valence-corrected chi connectivity index (χ4v) is 1.67. The zero-order chi connectivity index (χ0) is 13.8. The van der Waals surface area contributed by atoms with Gasteiger partial charge in [-0.1, -0.05) is 0 Å². The molecule has 0 bridgehead atoms. The molecule has 0 aliphatic carbocycles. The van der Waals surface area contributed by atoms with Gasteiger partial charge in [-0.05, 0) is 12.1 Å². The van der Waals surface area contributed by atoms with E-state index in [9.17, 15) is 4.79 Å². The van der Waals surface area contributed by atoms with Gasteiger partial charge in [0.05, 0.1) is 14.2 Å². The van der Waals surface area contributed by atoms with E-state index in [1.165, 1.54) is 14.2 Å². The van der Waals surface area contributed by atoms with E-state index in [4.69, 9.17) is 19.4 Å². The van der Waals surface area contributed by atoms with Gasteiger partial charge in [-0.2, -0.15) is 0 Å². The molecular weight excluding hydrogens is 252 g/mol. The Hall–Kier alpha value is -2.28. The number of ether oxygens (including phenoxy) is 3. The molecule has 0 saturated carbocycles. The zero-order valence-corrected chi connectivity index (χ0v) is 10.5. The number of aliphatic imine (C=N–C) groups is 1. The molecule has 0 spiro atoms. The number of benzene rings is 1. The molecule has 0 fully saturated rings. The molecule has 0 aromatic heterocycles. The number of nitrogens with zero attached hydrogens (tertiary/aromatic N) is 1. The first-order valence-corrected chi connectivity index (χ1v) is 5.56. The molecule has 1 aromatic carbocycles. The molecule has 0 saturated heterocycles. The average Bonchev–Trinajstić information content (AvgIpc) is 2.95. The number of hydroxylamine groups is 1. The fourth-order valence-electron chi connectivity index (χ4n) is 1.67. The first-order chi connectivity index (χ1) is 9.17. The summed E-state index contributed by atoms with van der Waals surface area (Å²) < 4.78 is 15.6. The van der Waals surface area contributed by atoms with Crippen LogP contribution in [-0.4, -0.2) is 43.9 Å². The molecular formula is C12H14N2O5. The van der Waals surface area contributed by atoms with Crippen molar-refractivity contribution in [2.45, 2.75) is 6.04 Å². The molecule has 0 unspecified atom stereocenters. The fraction of sp³-hybridized carbons (Fsp3) is 0.333. The predicted octanol–water partition coefficient (Wildman–Crippen LogP) is 0.355. The third-order valence-electron chi connectivity index (χ3n) is 2.66. The summed E-state index contributed by atoms with van der Waals surface area (Å²) in [7, 11) is 3.08. The van der Waals surface area contributed by atoms with Crippen LogP contribution in [0.4, 0.5) is 0 Å². The molecule has 2 N–H and O–H groups in total. The smallest absolute Gasteiger partial charge is 0.271 e. The van der Waals surface area contributed by atoms with Gasteiger partial charge in [-0.25, -0.2) is 10.5 Å². The van der Waals surface area contributed by atoms with Crippen LogP contribution in [0.1, 0.15) is 5.56 Å². The van der Waals surface area contributed by atoms with Gasteiger partial charge in [0.25, 0.3) is 5.91 Å². The number of methoxy groups -OCH3 is 2. The summed E-state index contributed by atoms with van der Waals surface area (Å²) in [5, 5.41) is 8.55. The first kappa shape index (κ1) is 13.2. The number of nitrogens with one attached hydrogen (secondary N) is 1. The zero-order valence-electron chi connectivity index (χ0n) is 10.5. The Morgan fingerprint density at radius 2 is 2.00 bits per heavy atom. The van der Waals surface area contributed by atoms with Crippen LogP contribution in [0.5, 0.6) is 11.5 Å². The van der Waals surface area contributed by atoms with E-state index in [1.807, 2.05) is 0 Å². The first-order valence-electron chi connectivity index (χ1n) is 5.56. The molecule has 1 aliphatic heterocycles. The minimum absolute atomic E-state index is 0.0846. The van der Waals surface area contributed by atoms with Crippen LogP contribution in [0.3, 0.4) is 0 Å². The second-order valence-electron chi connectivity index (χ2n) is 3.84. The quantitative estimate of drug-likeness (QED) is 0.606. The highest BCUT2D eigenvalue weighted by Crippen LogP contribution is 2.24. The Bertz CT molecular complexity index is 493. The van der Waals surface area contributed by atoms with Gasteiger partial charge in [0, 0.05) is 11.6 Å². The lowest BCUT2D eigenvalue weighted by molar-refractivity contribution is -0.130. The maximum atomic E-state index is 11.2. The highest BCUT2D eigenvalue weighted by atomic mass is 16.5. The topological polar surface area (TPSA) is 89.4 Å². The minimum atomic E-state index is -0.753. The van der Waals surface area contributed by atoms with Crippen molar-refractivity contribution in [2.75, 3.05) is 20.8 Å². The van der Waals surface area contributed by atoms with Crippen LogP contribution >= 0.6 is 0 Å².